The molecule has 2 aromatic rings. The molecule has 0 spiro atoms. The number of phenolic OH excluding ortho intramolecular Hbond substituents is 1. The van der Waals surface area contributed by atoms with Crippen molar-refractivity contribution in [3.8, 4) is 5.75 Å². The Morgan fingerprint density at radius 2 is 2.12 bits per heavy atom. The van der Waals surface area contributed by atoms with Crippen molar-refractivity contribution in [2.45, 2.75) is 43.2 Å². The fourth-order valence-electron chi connectivity index (χ4n) is 5.91. The van der Waals surface area contributed by atoms with Gasteiger partial charge in [0.2, 0.25) is 5.91 Å². The number of carbonyl (C=O) groups is 1. The largest absolute Gasteiger partial charge is 0.508 e. The van der Waals surface area contributed by atoms with Gasteiger partial charge >= 0.3 is 0 Å². The number of amides is 1. The monoisotopic (exact) mass is 502 g/mol. The molecule has 1 amide bonds. The van der Waals surface area contributed by atoms with Crippen molar-refractivity contribution in [1.29, 1.82) is 0 Å². The Hall–Kier alpha value is -2.05. The molecule has 1 saturated carbocycles. The number of fused-ring (bicyclic) bond motifs is 1. The van der Waals surface area contributed by atoms with E-state index >= 15 is 0 Å². The quantitative estimate of drug-likeness (QED) is 0.524. The maximum atomic E-state index is 13.0. The summed E-state index contributed by atoms with van der Waals surface area (Å²) in [6, 6.07) is 12.8. The fraction of sp³-hybridized carbons (Fsp3) is 0.444. The van der Waals surface area contributed by atoms with Gasteiger partial charge in [-0.1, -0.05) is 47.5 Å². The number of nitrogens with zero attached hydrogens (tertiary/aromatic N) is 1. The number of nitrogens with one attached hydrogen (secondary N) is 1. The zero-order valence-electron chi connectivity index (χ0n) is 19.5. The molecule has 7 heteroatoms. The summed E-state index contributed by atoms with van der Waals surface area (Å²) in [5.74, 6) is 0.460. The molecule has 1 saturated heterocycles. The molecule has 5 nitrogen and oxygen atoms in total. The molecule has 1 aliphatic carbocycles. The van der Waals surface area contributed by atoms with Gasteiger partial charge in [0.05, 0.1) is 22.6 Å². The van der Waals surface area contributed by atoms with Crippen LogP contribution < -0.4 is 5.32 Å². The Morgan fingerprint density at radius 1 is 1.29 bits per heavy atom. The summed E-state index contributed by atoms with van der Waals surface area (Å²) in [5.41, 5.74) is 1.74. The van der Waals surface area contributed by atoms with Crippen molar-refractivity contribution < 1.29 is 14.6 Å². The SMILES string of the molecule is C=CCN1CCC2(c3cccc(O)c3)C[C@@H](NC(=O)Cc3ccc(Cl)c(Cl)c3)CC(OC)C2C1. The second-order valence-electron chi connectivity index (χ2n) is 9.51. The van der Waals surface area contributed by atoms with Crippen LogP contribution in [-0.2, 0) is 21.4 Å². The Kier molecular flexibility index (Phi) is 7.88. The van der Waals surface area contributed by atoms with Crippen molar-refractivity contribution in [1.82, 2.24) is 10.2 Å². The molecule has 4 rings (SSSR count). The smallest absolute Gasteiger partial charge is 0.224 e. The molecule has 0 bridgehead atoms. The second kappa shape index (κ2) is 10.7. The predicted molar refractivity (Wildman–Crippen MR) is 137 cm³/mol. The van der Waals surface area contributed by atoms with Gasteiger partial charge in [0.1, 0.15) is 5.75 Å². The summed E-state index contributed by atoms with van der Waals surface area (Å²) in [7, 11) is 1.75. The van der Waals surface area contributed by atoms with Crippen LogP contribution in [0.25, 0.3) is 0 Å². The number of halogens is 2. The zero-order valence-corrected chi connectivity index (χ0v) is 21.0. The highest BCUT2D eigenvalue weighted by Gasteiger charge is 2.52. The van der Waals surface area contributed by atoms with Crippen LogP contribution in [0.5, 0.6) is 5.75 Å². The van der Waals surface area contributed by atoms with Crippen molar-refractivity contribution in [3.63, 3.8) is 0 Å². The van der Waals surface area contributed by atoms with Crippen LogP contribution in [0.15, 0.2) is 55.1 Å². The molecule has 182 valence electrons. The average molecular weight is 503 g/mol. The molecule has 2 aliphatic rings. The minimum Gasteiger partial charge on any atom is -0.508 e. The first kappa shape index (κ1) is 25.1. The van der Waals surface area contributed by atoms with Crippen molar-refractivity contribution >= 4 is 29.1 Å². The summed E-state index contributed by atoms with van der Waals surface area (Å²) >= 11 is 12.1. The molecule has 0 radical (unpaired) electrons. The minimum absolute atomic E-state index is 0.0148. The third-order valence-corrected chi connectivity index (χ3v) is 8.18. The second-order valence-corrected chi connectivity index (χ2v) is 10.3. The third kappa shape index (κ3) is 5.28. The Balaban J connectivity index is 1.58. The molecule has 2 fully saturated rings. The summed E-state index contributed by atoms with van der Waals surface area (Å²) in [5, 5.41) is 14.4. The van der Waals surface area contributed by atoms with E-state index in [-0.39, 0.29) is 41.6 Å². The van der Waals surface area contributed by atoms with Crippen molar-refractivity contribution in [2.24, 2.45) is 5.92 Å². The third-order valence-electron chi connectivity index (χ3n) is 7.44. The lowest BCUT2D eigenvalue weighted by atomic mass is 9.57. The van der Waals surface area contributed by atoms with Crippen LogP contribution >= 0.6 is 23.2 Å². The first-order valence-electron chi connectivity index (χ1n) is 11.7. The van der Waals surface area contributed by atoms with Crippen LogP contribution in [0, 0.1) is 5.92 Å². The summed E-state index contributed by atoms with van der Waals surface area (Å²) < 4.78 is 6.02. The van der Waals surface area contributed by atoms with E-state index in [4.69, 9.17) is 27.9 Å². The zero-order chi connectivity index (χ0) is 24.3. The summed E-state index contributed by atoms with van der Waals surface area (Å²) in [4.78, 5) is 15.4. The highest BCUT2D eigenvalue weighted by atomic mass is 35.5. The number of phenols is 1. The van der Waals surface area contributed by atoms with Crippen molar-refractivity contribution in [2.75, 3.05) is 26.7 Å². The van der Waals surface area contributed by atoms with Gasteiger partial charge in [0, 0.05) is 37.6 Å². The molecule has 1 aliphatic heterocycles. The van der Waals surface area contributed by atoms with Crippen molar-refractivity contribution in [3.05, 3.63) is 76.3 Å². The Labute approximate surface area is 211 Å². The summed E-state index contributed by atoms with van der Waals surface area (Å²) in [6.45, 7) is 6.57. The highest BCUT2D eigenvalue weighted by Crippen LogP contribution is 2.50. The molecule has 3 unspecified atom stereocenters. The van der Waals surface area contributed by atoms with Crippen LogP contribution in [0.4, 0.5) is 0 Å². The van der Waals surface area contributed by atoms with Gasteiger partial charge in [-0.15, -0.1) is 6.58 Å². The normalized spacial score (nSPS) is 27.1. The van der Waals surface area contributed by atoms with E-state index in [1.54, 1.807) is 25.3 Å². The topological polar surface area (TPSA) is 61.8 Å². The lowest BCUT2D eigenvalue weighted by Gasteiger charge is -2.55. The molecular weight excluding hydrogens is 471 g/mol. The number of hydrogen-bond acceptors (Lipinski definition) is 4. The van der Waals surface area contributed by atoms with Gasteiger partial charge < -0.3 is 15.2 Å². The first-order valence-corrected chi connectivity index (χ1v) is 12.5. The van der Waals surface area contributed by atoms with Gasteiger partial charge in [-0.2, -0.15) is 0 Å². The van der Waals surface area contributed by atoms with E-state index < -0.39 is 0 Å². The standard InChI is InChI=1S/C27H32Cl2N2O3/c1-3-10-31-11-9-27(19-5-4-6-21(32)14-19)16-20(15-25(34-2)22(27)17-31)30-26(33)13-18-7-8-23(28)24(29)12-18/h3-8,12,14,20,22,25,32H,1,9-11,13,15-17H2,2H3,(H,30,33)/t20-,22?,25?,27?/m0/s1. The molecule has 4 atom stereocenters. The number of hydrogen-bond donors (Lipinski definition) is 2. The number of aromatic hydroxyl groups is 1. The molecule has 0 aromatic heterocycles. The van der Waals surface area contributed by atoms with E-state index in [2.05, 4.69) is 22.9 Å². The first-order chi connectivity index (χ1) is 16.3. The van der Waals surface area contributed by atoms with E-state index in [0.29, 0.717) is 10.0 Å². The van der Waals surface area contributed by atoms with E-state index in [1.807, 2.05) is 24.3 Å². The maximum Gasteiger partial charge on any atom is 0.224 e. The molecule has 2 N–H and O–H groups in total. The minimum atomic E-state index is -0.198. The fourth-order valence-corrected chi connectivity index (χ4v) is 6.23. The highest BCUT2D eigenvalue weighted by molar-refractivity contribution is 6.42. The van der Waals surface area contributed by atoms with E-state index in [1.165, 1.54) is 0 Å². The van der Waals surface area contributed by atoms with Crippen LogP contribution in [-0.4, -0.2) is 54.8 Å². The molecule has 2 aromatic carbocycles. The summed E-state index contributed by atoms with van der Waals surface area (Å²) in [6.07, 6.45) is 4.64. The number of likely N-dealkylation sites (tertiary alicyclic amines) is 1. The van der Waals surface area contributed by atoms with Gasteiger partial charge in [-0.05, 0) is 61.2 Å². The lowest BCUT2D eigenvalue weighted by Crippen LogP contribution is -2.61. The van der Waals surface area contributed by atoms with Gasteiger partial charge in [-0.3, -0.25) is 9.69 Å². The van der Waals surface area contributed by atoms with Gasteiger partial charge in [0.15, 0.2) is 0 Å². The van der Waals surface area contributed by atoms with Gasteiger partial charge in [-0.25, -0.2) is 0 Å². The number of benzene rings is 2. The average Bonchev–Trinajstić information content (AvgIpc) is 2.81. The Bertz CT molecular complexity index is 1050. The molecule has 1 heterocycles. The van der Waals surface area contributed by atoms with Gasteiger partial charge in [0.25, 0.3) is 0 Å². The lowest BCUT2D eigenvalue weighted by molar-refractivity contribution is -0.123. The number of rotatable bonds is 7. The van der Waals surface area contributed by atoms with Crippen LogP contribution in [0.1, 0.15) is 30.4 Å². The molecular formula is C27H32Cl2N2O3. The van der Waals surface area contributed by atoms with Crippen LogP contribution in [0.3, 0.4) is 0 Å². The van der Waals surface area contributed by atoms with Crippen LogP contribution in [0.2, 0.25) is 10.0 Å². The van der Waals surface area contributed by atoms with E-state index in [0.717, 1.165) is 50.0 Å². The molecule has 34 heavy (non-hydrogen) atoms. The number of carbonyl (C=O) groups excluding carboxylic acids is 1. The number of methoxy groups -OCH3 is 1. The predicted octanol–water partition coefficient (Wildman–Crippen LogP) is 4.98. The van der Waals surface area contributed by atoms with E-state index in [9.17, 15) is 9.90 Å². The maximum absolute atomic E-state index is 13.0. The number of piperidine rings is 1. The number of ether oxygens (including phenoxy) is 1. The Morgan fingerprint density at radius 3 is 2.82 bits per heavy atom.